The van der Waals surface area contributed by atoms with E-state index in [9.17, 15) is 46.0 Å². The summed E-state index contributed by atoms with van der Waals surface area (Å²) < 4.78 is 26.9. The van der Waals surface area contributed by atoms with Gasteiger partial charge in [0.25, 0.3) is 0 Å². The highest BCUT2D eigenvalue weighted by molar-refractivity contribution is 4.94. The van der Waals surface area contributed by atoms with Crippen LogP contribution in [0.5, 0.6) is 0 Å². The smallest absolute Gasteiger partial charge is 0.189 e. The van der Waals surface area contributed by atoms with E-state index in [1.807, 2.05) is 0 Å². The first-order valence-corrected chi connectivity index (χ1v) is 10.3. The highest BCUT2D eigenvalue weighted by Gasteiger charge is 2.52. The van der Waals surface area contributed by atoms with Crippen LogP contribution in [0.15, 0.2) is 0 Å². The topological polar surface area (TPSA) is 228 Å². The Morgan fingerprint density at radius 1 is 0.531 bits per heavy atom. The average molecular weight is 472 g/mol. The molecule has 0 spiro atoms. The van der Waals surface area contributed by atoms with Crippen molar-refractivity contribution in [1.29, 1.82) is 0 Å². The van der Waals surface area contributed by atoms with E-state index in [-0.39, 0.29) is 0 Å². The molecule has 3 heterocycles. The Kier molecular flexibility index (Phi) is 8.44. The van der Waals surface area contributed by atoms with Gasteiger partial charge in [-0.1, -0.05) is 0 Å². The summed E-state index contributed by atoms with van der Waals surface area (Å²) in [6.45, 7) is 2.17. The van der Waals surface area contributed by atoms with Crippen LogP contribution in [0.25, 0.3) is 0 Å². The maximum Gasteiger partial charge on any atom is 0.189 e. The van der Waals surface area contributed by atoms with Gasteiger partial charge in [0, 0.05) is 0 Å². The van der Waals surface area contributed by atoms with E-state index in [1.54, 1.807) is 0 Å². The number of rotatable bonds is 5. The summed E-state index contributed by atoms with van der Waals surface area (Å²) in [6.07, 6.45) is -22.3. The standard InChI is InChI=1S/C18H32O14/c1-4-7(20)10(23)12(25)16(28-4)31-15-8(21)5(2)29-18(14(15)27)32-17-13(26)11(24)9(22)6(3-19)30-17/h4-27H,3H2,1-2H3/t4-,5-,6-,7-,8-,9-,10+,11+,12+,13-,14+,15+,16?,17?,18?/m1/s1. The van der Waals surface area contributed by atoms with Crippen LogP contribution in [0, 0.1) is 0 Å². The Morgan fingerprint density at radius 3 is 1.56 bits per heavy atom. The molecule has 3 aliphatic heterocycles. The Balaban J connectivity index is 1.71. The van der Waals surface area contributed by atoms with E-state index >= 15 is 0 Å². The lowest BCUT2D eigenvalue weighted by atomic mass is 9.97. The Labute approximate surface area is 183 Å². The van der Waals surface area contributed by atoms with E-state index in [2.05, 4.69) is 0 Å². The van der Waals surface area contributed by atoms with Crippen LogP contribution in [-0.2, 0) is 23.7 Å². The molecule has 14 nitrogen and oxygen atoms in total. The van der Waals surface area contributed by atoms with Crippen molar-refractivity contribution in [3.8, 4) is 0 Å². The number of hydrogen-bond donors (Lipinski definition) is 9. The van der Waals surface area contributed by atoms with Crippen molar-refractivity contribution in [3.05, 3.63) is 0 Å². The maximum absolute atomic E-state index is 10.7. The van der Waals surface area contributed by atoms with Crippen LogP contribution in [0.2, 0.25) is 0 Å². The third-order valence-electron chi connectivity index (χ3n) is 6.00. The zero-order valence-electron chi connectivity index (χ0n) is 17.4. The molecule has 3 aliphatic rings. The molecule has 0 aromatic heterocycles. The molecule has 0 saturated carbocycles. The molecule has 14 heteroatoms. The van der Waals surface area contributed by atoms with Gasteiger partial charge in [0.2, 0.25) is 0 Å². The van der Waals surface area contributed by atoms with Gasteiger partial charge in [-0.25, -0.2) is 0 Å². The minimum atomic E-state index is -1.76. The van der Waals surface area contributed by atoms with Gasteiger partial charge in [0.15, 0.2) is 18.9 Å². The average Bonchev–Trinajstić information content (AvgIpc) is 2.76. The van der Waals surface area contributed by atoms with E-state index in [4.69, 9.17) is 23.7 Å². The van der Waals surface area contributed by atoms with Crippen molar-refractivity contribution in [3.63, 3.8) is 0 Å². The molecule has 9 N–H and O–H groups in total. The Bertz CT molecular complexity index is 608. The minimum Gasteiger partial charge on any atom is -0.394 e. The van der Waals surface area contributed by atoms with Crippen molar-refractivity contribution in [1.82, 2.24) is 0 Å². The molecule has 0 aliphatic carbocycles. The third-order valence-corrected chi connectivity index (χ3v) is 6.00. The number of ether oxygens (including phenoxy) is 5. The minimum absolute atomic E-state index is 0.691. The van der Waals surface area contributed by atoms with Gasteiger partial charge in [-0.2, -0.15) is 0 Å². The van der Waals surface area contributed by atoms with Crippen LogP contribution >= 0.6 is 0 Å². The molecule has 0 aromatic rings. The number of aliphatic hydroxyl groups is 9. The first kappa shape index (κ1) is 26.1. The zero-order chi connectivity index (χ0) is 23.9. The van der Waals surface area contributed by atoms with Crippen LogP contribution in [0.1, 0.15) is 13.8 Å². The molecular formula is C18H32O14. The molecule has 0 bridgehead atoms. The summed E-state index contributed by atoms with van der Waals surface area (Å²) in [5.41, 5.74) is 0. The Hall–Kier alpha value is -0.560. The van der Waals surface area contributed by atoms with Crippen molar-refractivity contribution in [2.24, 2.45) is 0 Å². The van der Waals surface area contributed by atoms with Crippen LogP contribution in [0.3, 0.4) is 0 Å². The van der Waals surface area contributed by atoms with Crippen molar-refractivity contribution in [2.45, 2.75) is 106 Å². The van der Waals surface area contributed by atoms with Gasteiger partial charge in [-0.15, -0.1) is 0 Å². The maximum atomic E-state index is 10.7. The first-order valence-electron chi connectivity index (χ1n) is 10.3. The highest BCUT2D eigenvalue weighted by Crippen LogP contribution is 2.31. The van der Waals surface area contributed by atoms with E-state index in [0.29, 0.717) is 0 Å². The van der Waals surface area contributed by atoms with Crippen molar-refractivity contribution < 1.29 is 69.6 Å². The van der Waals surface area contributed by atoms with E-state index in [0.717, 1.165) is 0 Å². The zero-order valence-corrected chi connectivity index (χ0v) is 17.4. The highest BCUT2D eigenvalue weighted by atomic mass is 16.8. The molecular weight excluding hydrogens is 440 g/mol. The molecule has 188 valence electrons. The second kappa shape index (κ2) is 10.4. The monoisotopic (exact) mass is 472 g/mol. The first-order chi connectivity index (χ1) is 15.0. The van der Waals surface area contributed by atoms with E-state index in [1.165, 1.54) is 13.8 Å². The van der Waals surface area contributed by atoms with Crippen LogP contribution < -0.4 is 0 Å². The van der Waals surface area contributed by atoms with Gasteiger partial charge >= 0.3 is 0 Å². The fourth-order valence-corrected chi connectivity index (χ4v) is 3.86. The third kappa shape index (κ3) is 4.94. The molecule has 32 heavy (non-hydrogen) atoms. The van der Waals surface area contributed by atoms with Gasteiger partial charge in [0.05, 0.1) is 18.8 Å². The van der Waals surface area contributed by atoms with Crippen molar-refractivity contribution >= 4 is 0 Å². The summed E-state index contributed by atoms with van der Waals surface area (Å²) in [7, 11) is 0. The second-order valence-corrected chi connectivity index (χ2v) is 8.31. The van der Waals surface area contributed by atoms with Gasteiger partial charge in [0.1, 0.15) is 61.0 Å². The van der Waals surface area contributed by atoms with Crippen LogP contribution in [0.4, 0.5) is 0 Å². The largest absolute Gasteiger partial charge is 0.394 e. The lowest BCUT2D eigenvalue weighted by Crippen LogP contribution is -2.65. The van der Waals surface area contributed by atoms with Crippen LogP contribution in [-0.4, -0.2) is 145 Å². The molecule has 3 rings (SSSR count). The second-order valence-electron chi connectivity index (χ2n) is 8.31. The summed E-state index contributed by atoms with van der Waals surface area (Å²) in [5.74, 6) is 0. The lowest BCUT2D eigenvalue weighted by Gasteiger charge is -2.47. The van der Waals surface area contributed by atoms with Crippen molar-refractivity contribution in [2.75, 3.05) is 6.61 Å². The summed E-state index contributed by atoms with van der Waals surface area (Å²) in [5, 5.41) is 90.2. The molecule has 0 amide bonds. The molecule has 3 fully saturated rings. The van der Waals surface area contributed by atoms with Gasteiger partial charge in [-0.05, 0) is 13.8 Å². The summed E-state index contributed by atoms with van der Waals surface area (Å²) in [4.78, 5) is 0. The molecule has 0 aromatic carbocycles. The fraction of sp³-hybridized carbons (Fsp3) is 1.00. The molecule has 15 atom stereocenters. The van der Waals surface area contributed by atoms with Gasteiger partial charge < -0.3 is 69.6 Å². The quantitative estimate of drug-likeness (QED) is 0.182. The van der Waals surface area contributed by atoms with E-state index < -0.39 is 98.7 Å². The fourth-order valence-electron chi connectivity index (χ4n) is 3.86. The molecule has 3 unspecified atom stereocenters. The molecule has 3 saturated heterocycles. The predicted molar refractivity (Wildman–Crippen MR) is 98.4 cm³/mol. The SMILES string of the molecule is C[C@H]1OC(O[C@H]2[C@H](O)[C@@H](C)OC(OC3O[C@H](CO)[C@@H](O)[C@H](O)[C@H]3O)[C@H]2O)[C@@H](O)[C@@H](O)[C@@H]1O. The summed E-state index contributed by atoms with van der Waals surface area (Å²) >= 11 is 0. The normalized spacial score (nSPS) is 55.0. The summed E-state index contributed by atoms with van der Waals surface area (Å²) in [6, 6.07) is 0. The molecule has 0 radical (unpaired) electrons. The van der Waals surface area contributed by atoms with Gasteiger partial charge in [-0.3, -0.25) is 0 Å². The Morgan fingerprint density at radius 2 is 1.00 bits per heavy atom. The lowest BCUT2D eigenvalue weighted by molar-refractivity contribution is -0.389. The predicted octanol–water partition coefficient (Wildman–Crippen LogP) is -5.52. The number of hydrogen-bond acceptors (Lipinski definition) is 14. The number of aliphatic hydroxyl groups excluding tert-OH is 9.